The van der Waals surface area contributed by atoms with Crippen LogP contribution >= 0.6 is 22.9 Å². The highest BCUT2D eigenvalue weighted by Crippen LogP contribution is 2.29. The van der Waals surface area contributed by atoms with Crippen molar-refractivity contribution < 1.29 is 18.0 Å². The summed E-state index contributed by atoms with van der Waals surface area (Å²) in [5, 5.41) is 0. The number of alkyl halides is 3. The van der Waals surface area contributed by atoms with Crippen LogP contribution in [0.3, 0.4) is 0 Å². The molecule has 7 heteroatoms. The number of hydrogen-bond acceptors (Lipinski definition) is 2. The average Bonchev–Trinajstić information content (AvgIpc) is 2.82. The summed E-state index contributed by atoms with van der Waals surface area (Å²) in [6.45, 7) is 0.358. The third kappa shape index (κ3) is 3.98. The lowest BCUT2D eigenvalue weighted by Crippen LogP contribution is -2.25. The molecule has 0 aliphatic rings. The molecule has 1 amide bonds. The van der Waals surface area contributed by atoms with Gasteiger partial charge in [0.15, 0.2) is 0 Å². The molecule has 0 radical (unpaired) electrons. The van der Waals surface area contributed by atoms with Gasteiger partial charge < -0.3 is 4.90 Å². The second-order valence-electron chi connectivity index (χ2n) is 4.44. The normalized spacial score (nSPS) is 11.5. The van der Waals surface area contributed by atoms with Crippen molar-refractivity contribution in [2.24, 2.45) is 0 Å². The van der Waals surface area contributed by atoms with Crippen LogP contribution in [0.1, 0.15) is 20.8 Å². The Labute approximate surface area is 128 Å². The van der Waals surface area contributed by atoms with Crippen LogP contribution in [0.25, 0.3) is 0 Å². The van der Waals surface area contributed by atoms with E-state index in [4.69, 9.17) is 11.6 Å². The molecule has 0 saturated heterocycles. The van der Waals surface area contributed by atoms with E-state index in [1.807, 2.05) is 6.07 Å². The Morgan fingerprint density at radius 3 is 2.29 bits per heavy atom. The lowest BCUT2D eigenvalue weighted by molar-refractivity contribution is -0.137. The summed E-state index contributed by atoms with van der Waals surface area (Å²) in [6.07, 6.45) is -4.40. The Kier molecular flexibility index (Phi) is 4.58. The standard InChI is InChI=1S/C14H11ClF3NOS/c1-19(8-11-6-7-12(15)21-11)13(20)9-2-4-10(5-3-9)14(16,17)18/h2-7H,8H2,1H3. The van der Waals surface area contributed by atoms with E-state index in [1.165, 1.54) is 28.4 Å². The Balaban J connectivity index is 2.08. The summed E-state index contributed by atoms with van der Waals surface area (Å²) in [6, 6.07) is 7.72. The maximum atomic E-state index is 12.5. The number of amides is 1. The monoisotopic (exact) mass is 333 g/mol. The van der Waals surface area contributed by atoms with Crippen LogP contribution in [0.4, 0.5) is 13.2 Å². The largest absolute Gasteiger partial charge is 0.416 e. The van der Waals surface area contributed by atoms with Gasteiger partial charge >= 0.3 is 6.18 Å². The number of carbonyl (C=O) groups is 1. The van der Waals surface area contributed by atoms with E-state index in [2.05, 4.69) is 0 Å². The molecule has 0 fully saturated rings. The third-order valence-electron chi connectivity index (χ3n) is 2.83. The minimum Gasteiger partial charge on any atom is -0.337 e. The molecule has 0 N–H and O–H groups in total. The minimum absolute atomic E-state index is 0.216. The summed E-state index contributed by atoms with van der Waals surface area (Å²) in [4.78, 5) is 14.5. The van der Waals surface area contributed by atoms with Crippen LogP contribution < -0.4 is 0 Å². The van der Waals surface area contributed by atoms with Crippen molar-refractivity contribution in [1.82, 2.24) is 4.90 Å². The van der Waals surface area contributed by atoms with Crippen molar-refractivity contribution in [2.45, 2.75) is 12.7 Å². The predicted octanol–water partition coefficient (Wildman–Crippen LogP) is 4.69. The molecule has 112 valence electrons. The Morgan fingerprint density at radius 1 is 1.19 bits per heavy atom. The molecule has 0 aliphatic heterocycles. The van der Waals surface area contributed by atoms with Crippen molar-refractivity contribution in [3.63, 3.8) is 0 Å². The van der Waals surface area contributed by atoms with Crippen molar-refractivity contribution in [2.75, 3.05) is 7.05 Å². The van der Waals surface area contributed by atoms with Crippen LogP contribution in [0.15, 0.2) is 36.4 Å². The maximum Gasteiger partial charge on any atom is 0.416 e. The fourth-order valence-corrected chi connectivity index (χ4v) is 2.91. The van der Waals surface area contributed by atoms with Gasteiger partial charge in [-0.15, -0.1) is 11.3 Å². The smallest absolute Gasteiger partial charge is 0.337 e. The van der Waals surface area contributed by atoms with E-state index in [9.17, 15) is 18.0 Å². The molecular formula is C14H11ClF3NOS. The minimum atomic E-state index is -4.40. The van der Waals surface area contributed by atoms with Crippen molar-refractivity contribution in [1.29, 1.82) is 0 Å². The van der Waals surface area contributed by atoms with E-state index >= 15 is 0 Å². The summed E-state index contributed by atoms with van der Waals surface area (Å²) in [7, 11) is 1.59. The first kappa shape index (κ1) is 15.9. The van der Waals surface area contributed by atoms with Crippen molar-refractivity contribution >= 4 is 28.8 Å². The zero-order valence-corrected chi connectivity index (χ0v) is 12.5. The van der Waals surface area contributed by atoms with Gasteiger partial charge in [0.05, 0.1) is 16.4 Å². The third-order valence-corrected chi connectivity index (χ3v) is 4.04. The Morgan fingerprint density at radius 2 is 1.81 bits per heavy atom. The number of carbonyl (C=O) groups excluding carboxylic acids is 1. The lowest BCUT2D eigenvalue weighted by atomic mass is 10.1. The molecule has 0 unspecified atom stereocenters. The second-order valence-corrected chi connectivity index (χ2v) is 6.24. The summed E-state index contributed by atoms with van der Waals surface area (Å²) in [5.41, 5.74) is -0.556. The molecule has 0 atom stereocenters. The molecule has 21 heavy (non-hydrogen) atoms. The first-order valence-corrected chi connectivity index (χ1v) is 7.14. The first-order valence-electron chi connectivity index (χ1n) is 5.94. The van der Waals surface area contributed by atoms with Gasteiger partial charge in [0.25, 0.3) is 5.91 Å². The topological polar surface area (TPSA) is 20.3 Å². The molecule has 2 rings (SSSR count). The zero-order chi connectivity index (χ0) is 15.6. The average molecular weight is 334 g/mol. The quantitative estimate of drug-likeness (QED) is 0.797. The highest BCUT2D eigenvalue weighted by atomic mass is 35.5. The Bertz CT molecular complexity index is 636. The zero-order valence-electron chi connectivity index (χ0n) is 10.9. The second kappa shape index (κ2) is 6.07. The van der Waals surface area contributed by atoms with Gasteiger partial charge in [-0.25, -0.2) is 0 Å². The van der Waals surface area contributed by atoms with E-state index in [1.54, 1.807) is 13.1 Å². The van der Waals surface area contributed by atoms with E-state index in [-0.39, 0.29) is 11.5 Å². The van der Waals surface area contributed by atoms with Gasteiger partial charge in [-0.2, -0.15) is 13.2 Å². The van der Waals surface area contributed by atoms with Crippen LogP contribution in [0, 0.1) is 0 Å². The van der Waals surface area contributed by atoms with Gasteiger partial charge in [0, 0.05) is 17.5 Å². The maximum absolute atomic E-state index is 12.5. The molecule has 2 aromatic rings. The predicted molar refractivity (Wildman–Crippen MR) is 76.6 cm³/mol. The van der Waals surface area contributed by atoms with Gasteiger partial charge in [-0.3, -0.25) is 4.79 Å². The highest BCUT2D eigenvalue weighted by Gasteiger charge is 2.30. The van der Waals surface area contributed by atoms with E-state index < -0.39 is 11.7 Å². The van der Waals surface area contributed by atoms with E-state index in [0.717, 1.165) is 17.0 Å². The molecule has 0 spiro atoms. The van der Waals surface area contributed by atoms with Crippen LogP contribution in [-0.2, 0) is 12.7 Å². The van der Waals surface area contributed by atoms with Crippen molar-refractivity contribution in [3.8, 4) is 0 Å². The van der Waals surface area contributed by atoms with Crippen molar-refractivity contribution in [3.05, 3.63) is 56.7 Å². The number of thiophene rings is 1. The first-order chi connectivity index (χ1) is 9.77. The molecule has 2 nitrogen and oxygen atoms in total. The number of rotatable bonds is 3. The van der Waals surface area contributed by atoms with Gasteiger partial charge in [0.2, 0.25) is 0 Å². The van der Waals surface area contributed by atoms with Crippen LogP contribution in [0.2, 0.25) is 4.34 Å². The fourth-order valence-electron chi connectivity index (χ4n) is 1.76. The molecule has 0 bridgehead atoms. The molecule has 1 aromatic heterocycles. The number of benzene rings is 1. The van der Waals surface area contributed by atoms with Gasteiger partial charge in [0.1, 0.15) is 0 Å². The molecule has 1 aromatic carbocycles. The molecular weight excluding hydrogens is 323 g/mol. The SMILES string of the molecule is CN(Cc1ccc(Cl)s1)C(=O)c1ccc(C(F)(F)F)cc1. The van der Waals surface area contributed by atoms with Gasteiger partial charge in [-0.05, 0) is 36.4 Å². The fraction of sp³-hybridized carbons (Fsp3) is 0.214. The van der Waals surface area contributed by atoms with E-state index in [0.29, 0.717) is 10.9 Å². The van der Waals surface area contributed by atoms with Gasteiger partial charge in [-0.1, -0.05) is 11.6 Å². The number of halogens is 4. The number of hydrogen-bond donors (Lipinski definition) is 0. The molecule has 1 heterocycles. The van der Waals surface area contributed by atoms with Crippen LogP contribution in [0.5, 0.6) is 0 Å². The Hall–Kier alpha value is -1.53. The highest BCUT2D eigenvalue weighted by molar-refractivity contribution is 7.16. The lowest BCUT2D eigenvalue weighted by Gasteiger charge is -2.16. The van der Waals surface area contributed by atoms with Crippen LogP contribution in [-0.4, -0.2) is 17.9 Å². The summed E-state index contributed by atoms with van der Waals surface area (Å²) in [5.74, 6) is -0.340. The molecule has 0 saturated carbocycles. The summed E-state index contributed by atoms with van der Waals surface area (Å²) < 4.78 is 38.0. The summed E-state index contributed by atoms with van der Waals surface area (Å²) >= 11 is 7.17. The number of nitrogens with zero attached hydrogens (tertiary/aromatic N) is 1. The molecule has 0 aliphatic carbocycles.